The molecule has 0 spiro atoms. The minimum atomic E-state index is -4.45. The maximum atomic E-state index is 12.5. The third-order valence-corrected chi connectivity index (χ3v) is 3.22. The van der Waals surface area contributed by atoms with E-state index in [1.165, 1.54) is 11.5 Å². The molecule has 19 heavy (non-hydrogen) atoms. The van der Waals surface area contributed by atoms with Gasteiger partial charge in [0.1, 0.15) is 5.52 Å². The molecule has 1 N–H and O–H groups in total. The highest BCUT2D eigenvalue weighted by molar-refractivity contribution is 7.97. The molecule has 0 aliphatic carbocycles. The number of rotatable bonds is 2. The Morgan fingerprint density at radius 1 is 1.47 bits per heavy atom. The van der Waals surface area contributed by atoms with Crippen LogP contribution in [-0.2, 0) is 18.0 Å². The lowest BCUT2D eigenvalue weighted by Gasteiger charge is -2.05. The van der Waals surface area contributed by atoms with Gasteiger partial charge >= 0.3 is 6.18 Å². The second-order valence-corrected chi connectivity index (χ2v) is 4.55. The van der Waals surface area contributed by atoms with Crippen molar-refractivity contribution in [2.24, 2.45) is 7.05 Å². The SMILES string of the molecule is CC(=O)NSc1nc2cc(C(F)(F)F)cnc2n1C. The van der Waals surface area contributed by atoms with Crippen LogP contribution in [0.25, 0.3) is 11.2 Å². The smallest absolute Gasteiger partial charge is 0.305 e. The zero-order chi connectivity index (χ0) is 14.2. The molecule has 0 aliphatic heterocycles. The van der Waals surface area contributed by atoms with Crippen LogP contribution in [0.1, 0.15) is 12.5 Å². The van der Waals surface area contributed by atoms with Crippen molar-refractivity contribution >= 4 is 29.0 Å². The zero-order valence-corrected chi connectivity index (χ0v) is 10.8. The molecule has 2 aromatic rings. The Morgan fingerprint density at radius 3 is 2.74 bits per heavy atom. The third kappa shape index (κ3) is 2.80. The number of pyridine rings is 1. The van der Waals surface area contributed by atoms with Gasteiger partial charge in [-0.15, -0.1) is 0 Å². The van der Waals surface area contributed by atoms with Crippen LogP contribution >= 0.6 is 11.9 Å². The van der Waals surface area contributed by atoms with E-state index in [1.54, 1.807) is 7.05 Å². The summed E-state index contributed by atoms with van der Waals surface area (Å²) in [5.74, 6) is -0.277. The summed E-state index contributed by atoms with van der Waals surface area (Å²) in [6, 6.07) is 0.931. The predicted molar refractivity (Wildman–Crippen MR) is 63.2 cm³/mol. The number of hydrogen-bond donors (Lipinski definition) is 1. The number of nitrogens with zero attached hydrogens (tertiary/aromatic N) is 3. The van der Waals surface area contributed by atoms with Gasteiger partial charge in [-0.2, -0.15) is 13.2 Å². The molecule has 0 aromatic carbocycles. The van der Waals surface area contributed by atoms with Gasteiger partial charge in [0, 0.05) is 32.1 Å². The fourth-order valence-corrected chi connectivity index (χ4v) is 2.02. The van der Waals surface area contributed by atoms with Gasteiger partial charge in [0.05, 0.1) is 5.56 Å². The number of imidazole rings is 1. The van der Waals surface area contributed by atoms with Crippen LogP contribution in [0.4, 0.5) is 13.2 Å². The number of alkyl halides is 3. The number of fused-ring (bicyclic) bond motifs is 1. The fourth-order valence-electron chi connectivity index (χ4n) is 1.42. The Balaban J connectivity index is 2.42. The molecule has 0 saturated carbocycles. The minimum Gasteiger partial charge on any atom is -0.305 e. The van der Waals surface area contributed by atoms with Crippen LogP contribution in [0.2, 0.25) is 0 Å². The van der Waals surface area contributed by atoms with E-state index in [9.17, 15) is 18.0 Å². The van der Waals surface area contributed by atoms with Crippen LogP contribution in [0.5, 0.6) is 0 Å². The Bertz CT molecular complexity index is 637. The maximum absolute atomic E-state index is 12.5. The monoisotopic (exact) mass is 290 g/mol. The molecule has 0 aliphatic rings. The first-order chi connectivity index (χ1) is 8.79. The van der Waals surface area contributed by atoms with Crippen LogP contribution in [0, 0.1) is 0 Å². The quantitative estimate of drug-likeness (QED) is 0.861. The normalized spacial score (nSPS) is 11.8. The average Bonchev–Trinajstić information content (AvgIpc) is 2.62. The highest BCUT2D eigenvalue weighted by Gasteiger charge is 2.31. The second kappa shape index (κ2) is 4.72. The zero-order valence-electron chi connectivity index (χ0n) is 9.95. The molecule has 2 aromatic heterocycles. The molecule has 9 heteroatoms. The lowest BCUT2D eigenvalue weighted by Crippen LogP contribution is -2.11. The van der Waals surface area contributed by atoms with E-state index in [0.29, 0.717) is 10.8 Å². The van der Waals surface area contributed by atoms with Gasteiger partial charge < -0.3 is 4.57 Å². The number of halogens is 3. The summed E-state index contributed by atoms with van der Waals surface area (Å²) in [5, 5.41) is 0.358. The molecule has 0 bridgehead atoms. The van der Waals surface area contributed by atoms with Crippen molar-refractivity contribution in [3.05, 3.63) is 17.8 Å². The maximum Gasteiger partial charge on any atom is 0.417 e. The van der Waals surface area contributed by atoms with E-state index in [4.69, 9.17) is 0 Å². The van der Waals surface area contributed by atoms with Crippen molar-refractivity contribution in [1.29, 1.82) is 0 Å². The molecule has 2 rings (SSSR count). The number of aromatic nitrogens is 3. The highest BCUT2D eigenvalue weighted by Crippen LogP contribution is 2.30. The summed E-state index contributed by atoms with van der Waals surface area (Å²) < 4.78 is 41.6. The van der Waals surface area contributed by atoms with Crippen molar-refractivity contribution in [2.45, 2.75) is 18.3 Å². The summed E-state index contributed by atoms with van der Waals surface area (Å²) in [4.78, 5) is 18.6. The number of carbonyl (C=O) groups excluding carboxylic acids is 1. The highest BCUT2D eigenvalue weighted by atomic mass is 32.2. The van der Waals surface area contributed by atoms with Crippen LogP contribution in [-0.4, -0.2) is 20.4 Å². The molecule has 0 fully saturated rings. The molecule has 5 nitrogen and oxygen atoms in total. The number of amides is 1. The van der Waals surface area contributed by atoms with Crippen molar-refractivity contribution in [2.75, 3.05) is 0 Å². The Morgan fingerprint density at radius 2 is 2.16 bits per heavy atom. The lowest BCUT2D eigenvalue weighted by molar-refractivity contribution is -0.137. The van der Waals surface area contributed by atoms with Gasteiger partial charge in [0.15, 0.2) is 10.8 Å². The van der Waals surface area contributed by atoms with Crippen LogP contribution in [0.3, 0.4) is 0 Å². The van der Waals surface area contributed by atoms with Gasteiger partial charge in [-0.05, 0) is 6.07 Å². The first kappa shape index (κ1) is 13.7. The van der Waals surface area contributed by atoms with Gasteiger partial charge in [0.25, 0.3) is 0 Å². The van der Waals surface area contributed by atoms with Gasteiger partial charge in [-0.25, -0.2) is 9.97 Å². The van der Waals surface area contributed by atoms with E-state index >= 15 is 0 Å². The van der Waals surface area contributed by atoms with E-state index in [-0.39, 0.29) is 11.4 Å². The Hall–Kier alpha value is -1.77. The molecule has 102 valence electrons. The number of hydrogen-bond acceptors (Lipinski definition) is 4. The molecular weight excluding hydrogens is 281 g/mol. The lowest BCUT2D eigenvalue weighted by atomic mass is 10.2. The fraction of sp³-hybridized carbons (Fsp3) is 0.300. The average molecular weight is 290 g/mol. The summed E-state index contributed by atoms with van der Waals surface area (Å²) in [5.41, 5.74) is -0.403. The Kier molecular flexibility index (Phi) is 3.40. The standard InChI is InChI=1S/C10H9F3N4OS/c1-5(18)16-19-9-15-7-3-6(10(11,12)13)4-14-8(7)17(9)2/h3-4H,1-2H3,(H,16,18). The first-order valence-electron chi connectivity index (χ1n) is 5.12. The Labute approximate surface area is 110 Å². The van der Waals surface area contributed by atoms with Crippen LogP contribution in [0.15, 0.2) is 17.4 Å². The minimum absolute atomic E-state index is 0.130. The summed E-state index contributed by atoms with van der Waals surface area (Å²) in [7, 11) is 1.61. The van der Waals surface area contributed by atoms with Crippen LogP contribution < -0.4 is 4.72 Å². The molecule has 0 radical (unpaired) electrons. The molecule has 0 unspecified atom stereocenters. The van der Waals surface area contributed by atoms with E-state index in [2.05, 4.69) is 14.7 Å². The number of nitrogens with one attached hydrogen (secondary N) is 1. The summed E-state index contributed by atoms with van der Waals surface area (Å²) >= 11 is 0.925. The summed E-state index contributed by atoms with van der Waals surface area (Å²) in [6.45, 7) is 1.33. The van der Waals surface area contributed by atoms with Crippen molar-refractivity contribution in [3.63, 3.8) is 0 Å². The molecular formula is C10H9F3N4OS. The van der Waals surface area contributed by atoms with E-state index < -0.39 is 11.7 Å². The molecule has 1 amide bonds. The topological polar surface area (TPSA) is 59.8 Å². The first-order valence-corrected chi connectivity index (χ1v) is 5.94. The second-order valence-electron chi connectivity index (χ2n) is 3.78. The summed E-state index contributed by atoms with van der Waals surface area (Å²) in [6.07, 6.45) is -3.69. The van der Waals surface area contributed by atoms with E-state index in [0.717, 1.165) is 24.2 Å². The van der Waals surface area contributed by atoms with Crippen molar-refractivity contribution < 1.29 is 18.0 Å². The number of aryl methyl sites for hydroxylation is 1. The van der Waals surface area contributed by atoms with Gasteiger partial charge in [-0.3, -0.25) is 9.52 Å². The third-order valence-electron chi connectivity index (χ3n) is 2.28. The van der Waals surface area contributed by atoms with E-state index in [1.807, 2.05) is 0 Å². The number of carbonyl (C=O) groups is 1. The van der Waals surface area contributed by atoms with Gasteiger partial charge in [-0.1, -0.05) is 0 Å². The molecule has 0 saturated heterocycles. The predicted octanol–water partition coefficient (Wildman–Crippen LogP) is 2.13. The molecule has 2 heterocycles. The molecule has 0 atom stereocenters. The largest absolute Gasteiger partial charge is 0.417 e. The van der Waals surface area contributed by atoms with Crippen molar-refractivity contribution in [1.82, 2.24) is 19.3 Å². The van der Waals surface area contributed by atoms with Gasteiger partial charge in [0.2, 0.25) is 5.91 Å². The van der Waals surface area contributed by atoms with Crippen molar-refractivity contribution in [3.8, 4) is 0 Å².